The number of para-hydroxylation sites is 1. The Balaban J connectivity index is 1.39. The summed E-state index contributed by atoms with van der Waals surface area (Å²) in [5.41, 5.74) is 1.51. The van der Waals surface area contributed by atoms with Gasteiger partial charge < -0.3 is 14.2 Å². The number of halogens is 1. The Kier molecular flexibility index (Phi) is 7.49. The SMILES string of the molecule is COc1cc(/C=C2\SC(=O)N(CCOc3ccccc3)C2=O)ccc1OCc1ccc(F)cc1. The number of rotatable bonds is 9. The molecule has 2 amide bonds. The molecule has 0 N–H and O–H groups in total. The maximum atomic E-state index is 13.1. The molecule has 6 nitrogen and oxygen atoms in total. The fourth-order valence-electron chi connectivity index (χ4n) is 3.25. The molecule has 3 aromatic rings. The number of imide groups is 1. The fourth-order valence-corrected chi connectivity index (χ4v) is 4.12. The Hall–Kier alpha value is -3.78. The van der Waals surface area contributed by atoms with Crippen molar-refractivity contribution in [3.63, 3.8) is 0 Å². The van der Waals surface area contributed by atoms with Gasteiger partial charge in [0.15, 0.2) is 11.5 Å². The Labute approximate surface area is 200 Å². The van der Waals surface area contributed by atoms with Crippen molar-refractivity contribution < 1.29 is 28.2 Å². The highest BCUT2D eigenvalue weighted by atomic mass is 32.2. The van der Waals surface area contributed by atoms with Crippen LogP contribution in [0.4, 0.5) is 9.18 Å². The van der Waals surface area contributed by atoms with E-state index in [2.05, 4.69) is 0 Å². The van der Waals surface area contributed by atoms with E-state index in [9.17, 15) is 14.0 Å². The van der Waals surface area contributed by atoms with Crippen molar-refractivity contribution in [3.8, 4) is 17.2 Å². The van der Waals surface area contributed by atoms with Gasteiger partial charge in [-0.25, -0.2) is 4.39 Å². The van der Waals surface area contributed by atoms with Crippen molar-refractivity contribution in [2.75, 3.05) is 20.3 Å². The predicted molar refractivity (Wildman–Crippen MR) is 128 cm³/mol. The van der Waals surface area contributed by atoms with E-state index >= 15 is 0 Å². The van der Waals surface area contributed by atoms with Crippen molar-refractivity contribution in [3.05, 3.63) is 94.6 Å². The van der Waals surface area contributed by atoms with Crippen LogP contribution in [0, 0.1) is 5.82 Å². The van der Waals surface area contributed by atoms with Crippen molar-refractivity contribution in [2.45, 2.75) is 6.61 Å². The zero-order valence-electron chi connectivity index (χ0n) is 18.4. The zero-order valence-corrected chi connectivity index (χ0v) is 19.2. The number of carbonyl (C=O) groups is 2. The molecule has 4 rings (SSSR count). The Morgan fingerprint density at radius 1 is 0.941 bits per heavy atom. The molecule has 0 aliphatic carbocycles. The van der Waals surface area contributed by atoms with E-state index in [1.165, 1.54) is 24.1 Å². The van der Waals surface area contributed by atoms with Gasteiger partial charge in [0.25, 0.3) is 11.1 Å². The fraction of sp³-hybridized carbons (Fsp3) is 0.154. The third-order valence-corrected chi connectivity index (χ3v) is 5.90. The standard InChI is InChI=1S/C26H22FNO5S/c1-31-23-15-19(9-12-22(23)33-17-18-7-10-20(27)11-8-18)16-24-25(29)28(26(30)34-24)13-14-32-21-5-3-2-4-6-21/h2-12,15-16H,13-14,17H2,1H3/b24-16-. The molecule has 0 saturated carbocycles. The quantitative estimate of drug-likeness (QED) is 0.376. The van der Waals surface area contributed by atoms with Crippen LogP contribution in [0.25, 0.3) is 6.08 Å². The molecule has 0 aromatic heterocycles. The van der Waals surface area contributed by atoms with Crippen LogP contribution in [0.5, 0.6) is 17.2 Å². The van der Waals surface area contributed by atoms with Gasteiger partial charge in [-0.3, -0.25) is 14.5 Å². The summed E-state index contributed by atoms with van der Waals surface area (Å²) in [6.45, 7) is 0.625. The Morgan fingerprint density at radius 2 is 1.71 bits per heavy atom. The van der Waals surface area contributed by atoms with E-state index in [0.717, 1.165) is 17.3 Å². The van der Waals surface area contributed by atoms with Gasteiger partial charge in [-0.15, -0.1) is 0 Å². The summed E-state index contributed by atoms with van der Waals surface area (Å²) in [5.74, 6) is 1.00. The lowest BCUT2D eigenvalue weighted by Crippen LogP contribution is -2.32. The lowest BCUT2D eigenvalue weighted by Gasteiger charge is -2.13. The average Bonchev–Trinajstić information content (AvgIpc) is 3.12. The minimum Gasteiger partial charge on any atom is -0.493 e. The molecule has 34 heavy (non-hydrogen) atoms. The first-order chi connectivity index (χ1) is 16.5. The van der Waals surface area contributed by atoms with E-state index in [1.807, 2.05) is 30.3 Å². The number of carbonyl (C=O) groups excluding carboxylic acids is 2. The van der Waals surface area contributed by atoms with E-state index in [4.69, 9.17) is 14.2 Å². The lowest BCUT2D eigenvalue weighted by atomic mass is 10.1. The van der Waals surface area contributed by atoms with Crippen LogP contribution in [-0.2, 0) is 11.4 Å². The lowest BCUT2D eigenvalue weighted by molar-refractivity contribution is -0.123. The van der Waals surface area contributed by atoms with Crippen molar-refractivity contribution >= 4 is 29.0 Å². The number of hydrogen-bond acceptors (Lipinski definition) is 6. The molecule has 0 radical (unpaired) electrons. The van der Waals surface area contributed by atoms with Gasteiger partial charge in [0, 0.05) is 0 Å². The predicted octanol–water partition coefficient (Wildman–Crippen LogP) is 5.53. The highest BCUT2D eigenvalue weighted by molar-refractivity contribution is 8.18. The zero-order chi connectivity index (χ0) is 23.9. The molecule has 0 atom stereocenters. The third kappa shape index (κ3) is 5.77. The van der Waals surface area contributed by atoms with E-state index in [1.54, 1.807) is 36.4 Å². The number of ether oxygens (including phenoxy) is 3. The highest BCUT2D eigenvalue weighted by Gasteiger charge is 2.34. The third-order valence-electron chi connectivity index (χ3n) is 4.99. The molecule has 0 unspecified atom stereocenters. The van der Waals surface area contributed by atoms with Crippen LogP contribution in [0.3, 0.4) is 0 Å². The summed E-state index contributed by atoms with van der Waals surface area (Å²) in [7, 11) is 1.52. The van der Waals surface area contributed by atoms with Crippen molar-refractivity contribution in [2.24, 2.45) is 0 Å². The summed E-state index contributed by atoms with van der Waals surface area (Å²) in [4.78, 5) is 26.6. The molecule has 3 aromatic carbocycles. The molecule has 1 heterocycles. The van der Waals surface area contributed by atoms with Gasteiger partial charge in [0.1, 0.15) is 24.8 Å². The molecule has 8 heteroatoms. The second-order valence-electron chi connectivity index (χ2n) is 7.32. The maximum absolute atomic E-state index is 13.1. The summed E-state index contributed by atoms with van der Waals surface area (Å²) in [6.07, 6.45) is 1.65. The normalized spacial score (nSPS) is 14.5. The molecule has 1 fully saturated rings. The minimum atomic E-state index is -0.359. The first-order valence-corrected chi connectivity index (χ1v) is 11.3. The number of methoxy groups -OCH3 is 1. The molecule has 1 aliphatic heterocycles. The van der Waals surface area contributed by atoms with Crippen LogP contribution >= 0.6 is 11.8 Å². The van der Waals surface area contributed by atoms with Crippen molar-refractivity contribution in [1.82, 2.24) is 4.90 Å². The summed E-state index contributed by atoms with van der Waals surface area (Å²) < 4.78 is 29.9. The second kappa shape index (κ2) is 10.9. The smallest absolute Gasteiger partial charge is 0.293 e. The number of thioether (sulfide) groups is 1. The molecular weight excluding hydrogens is 457 g/mol. The number of amides is 2. The topological polar surface area (TPSA) is 65.1 Å². The van der Waals surface area contributed by atoms with Gasteiger partial charge in [-0.05, 0) is 65.4 Å². The van der Waals surface area contributed by atoms with Crippen LogP contribution in [0.1, 0.15) is 11.1 Å². The van der Waals surface area contributed by atoms with Gasteiger partial charge in [-0.2, -0.15) is 0 Å². The number of benzene rings is 3. The first kappa shape index (κ1) is 23.4. The number of hydrogen-bond donors (Lipinski definition) is 0. The minimum absolute atomic E-state index is 0.163. The van der Waals surface area contributed by atoms with Crippen LogP contribution in [0.2, 0.25) is 0 Å². The van der Waals surface area contributed by atoms with Gasteiger partial charge in [0.2, 0.25) is 0 Å². The van der Waals surface area contributed by atoms with E-state index in [-0.39, 0.29) is 36.7 Å². The first-order valence-electron chi connectivity index (χ1n) is 10.5. The second-order valence-corrected chi connectivity index (χ2v) is 8.31. The van der Waals surface area contributed by atoms with Crippen LogP contribution < -0.4 is 14.2 Å². The molecule has 0 bridgehead atoms. The van der Waals surface area contributed by atoms with E-state index < -0.39 is 0 Å². The Bertz CT molecular complexity index is 1200. The summed E-state index contributed by atoms with van der Waals surface area (Å²) in [6, 6.07) is 20.5. The van der Waals surface area contributed by atoms with E-state index in [0.29, 0.717) is 27.7 Å². The van der Waals surface area contributed by atoms with Crippen LogP contribution in [-0.4, -0.2) is 36.3 Å². The molecule has 1 aliphatic rings. The molecule has 0 spiro atoms. The largest absolute Gasteiger partial charge is 0.493 e. The van der Waals surface area contributed by atoms with Gasteiger partial charge in [0.05, 0.1) is 18.6 Å². The molecule has 174 valence electrons. The molecular formula is C26H22FNO5S. The summed E-state index contributed by atoms with van der Waals surface area (Å²) in [5, 5.41) is -0.334. The summed E-state index contributed by atoms with van der Waals surface area (Å²) >= 11 is 0.890. The van der Waals surface area contributed by atoms with Crippen LogP contribution in [0.15, 0.2) is 77.7 Å². The Morgan fingerprint density at radius 3 is 2.44 bits per heavy atom. The van der Waals surface area contributed by atoms with Gasteiger partial charge in [-0.1, -0.05) is 36.4 Å². The highest BCUT2D eigenvalue weighted by Crippen LogP contribution is 2.34. The van der Waals surface area contributed by atoms with Gasteiger partial charge >= 0.3 is 0 Å². The van der Waals surface area contributed by atoms with Crippen molar-refractivity contribution in [1.29, 1.82) is 0 Å². The monoisotopic (exact) mass is 479 g/mol. The molecule has 1 saturated heterocycles. The number of nitrogens with zero attached hydrogens (tertiary/aromatic N) is 1. The maximum Gasteiger partial charge on any atom is 0.293 e. The average molecular weight is 480 g/mol.